The zero-order valence-electron chi connectivity index (χ0n) is 22.2. The quantitative estimate of drug-likeness (QED) is 0.212. The van der Waals surface area contributed by atoms with Crippen LogP contribution in [0.5, 0.6) is 5.75 Å². The first-order valence-corrected chi connectivity index (χ1v) is 13.2. The molecule has 0 aliphatic carbocycles. The second kappa shape index (κ2) is 16.1. The van der Waals surface area contributed by atoms with E-state index in [1.807, 2.05) is 84.9 Å². The summed E-state index contributed by atoms with van der Waals surface area (Å²) in [5.74, 6) is -0.541. The largest absolute Gasteiger partial charge is 0.489 e. The Balaban J connectivity index is 1.50. The van der Waals surface area contributed by atoms with E-state index in [9.17, 15) is 19.8 Å². The Morgan fingerprint density at radius 1 is 0.769 bits per heavy atom. The van der Waals surface area contributed by atoms with Gasteiger partial charge in [-0.25, -0.2) is 0 Å². The van der Waals surface area contributed by atoms with Gasteiger partial charge in [-0.05, 0) is 48.1 Å². The zero-order valence-corrected chi connectivity index (χ0v) is 22.2. The van der Waals surface area contributed by atoms with Crippen LogP contribution in [0.15, 0.2) is 97.6 Å². The molecule has 206 valence electrons. The van der Waals surface area contributed by atoms with Crippen molar-refractivity contribution in [3.63, 3.8) is 0 Å². The summed E-state index contributed by atoms with van der Waals surface area (Å²) in [6.45, 7) is 3.74. The second-order valence-corrected chi connectivity index (χ2v) is 9.57. The number of benzene rings is 3. The summed E-state index contributed by atoms with van der Waals surface area (Å²) in [6, 6.07) is 26.1. The fourth-order valence-electron chi connectivity index (χ4n) is 4.28. The highest BCUT2D eigenvalue weighted by Crippen LogP contribution is 2.16. The van der Waals surface area contributed by atoms with E-state index in [0.29, 0.717) is 25.9 Å². The van der Waals surface area contributed by atoms with Crippen LogP contribution in [0.1, 0.15) is 29.5 Å². The standard InChI is InChI=1S/C32H38N2O5/c1-2-9-27(32(38)34-29(22-36)18-24-10-5-3-6-11-24)20-31(37)33-28(21-35)19-25-14-16-30(17-15-25)39-23-26-12-7-4-8-13-26/h2-8,10-17,27-29,35-36H,1,9,18-23H2,(H,33,37)(H,34,38). The Morgan fingerprint density at radius 3 is 1.87 bits per heavy atom. The van der Waals surface area contributed by atoms with Crippen LogP contribution in [0.2, 0.25) is 0 Å². The molecule has 4 N–H and O–H groups in total. The van der Waals surface area contributed by atoms with Gasteiger partial charge in [0, 0.05) is 6.42 Å². The fraction of sp³-hybridized carbons (Fsp3) is 0.312. The van der Waals surface area contributed by atoms with E-state index in [1.165, 1.54) is 0 Å². The van der Waals surface area contributed by atoms with Gasteiger partial charge in [-0.2, -0.15) is 0 Å². The van der Waals surface area contributed by atoms with Crippen LogP contribution < -0.4 is 15.4 Å². The van der Waals surface area contributed by atoms with Crippen LogP contribution in [-0.2, 0) is 29.0 Å². The smallest absolute Gasteiger partial charge is 0.224 e. The molecule has 3 aromatic carbocycles. The molecule has 0 saturated heterocycles. The summed E-state index contributed by atoms with van der Waals surface area (Å²) < 4.78 is 5.82. The van der Waals surface area contributed by atoms with E-state index in [1.54, 1.807) is 6.08 Å². The van der Waals surface area contributed by atoms with Gasteiger partial charge in [0.05, 0.1) is 31.2 Å². The summed E-state index contributed by atoms with van der Waals surface area (Å²) in [5.41, 5.74) is 3.01. The van der Waals surface area contributed by atoms with E-state index in [0.717, 1.165) is 22.4 Å². The minimum Gasteiger partial charge on any atom is -0.489 e. The van der Waals surface area contributed by atoms with Crippen molar-refractivity contribution in [2.75, 3.05) is 13.2 Å². The van der Waals surface area contributed by atoms with E-state index in [2.05, 4.69) is 17.2 Å². The maximum absolute atomic E-state index is 12.9. The lowest BCUT2D eigenvalue weighted by molar-refractivity contribution is -0.131. The van der Waals surface area contributed by atoms with Crippen LogP contribution in [-0.4, -0.2) is 47.3 Å². The molecular formula is C32H38N2O5. The molecule has 0 heterocycles. The molecule has 7 nitrogen and oxygen atoms in total. The summed E-state index contributed by atoms with van der Waals surface area (Å²) in [6.07, 6.45) is 2.79. The molecule has 3 aromatic rings. The molecular weight excluding hydrogens is 492 g/mol. The summed E-state index contributed by atoms with van der Waals surface area (Å²) in [4.78, 5) is 25.7. The lowest BCUT2D eigenvalue weighted by atomic mass is 9.98. The topological polar surface area (TPSA) is 108 Å². The van der Waals surface area contributed by atoms with Crippen molar-refractivity contribution in [1.82, 2.24) is 10.6 Å². The molecule has 0 spiro atoms. The van der Waals surface area contributed by atoms with Crippen molar-refractivity contribution in [3.05, 3.63) is 114 Å². The van der Waals surface area contributed by atoms with Gasteiger partial charge in [0.25, 0.3) is 0 Å². The predicted molar refractivity (Wildman–Crippen MR) is 152 cm³/mol. The van der Waals surface area contributed by atoms with Crippen molar-refractivity contribution < 1.29 is 24.5 Å². The number of hydrogen-bond acceptors (Lipinski definition) is 5. The number of aliphatic hydroxyl groups excluding tert-OH is 2. The Bertz CT molecular complexity index is 1150. The minimum absolute atomic E-state index is 0.0515. The third-order valence-electron chi connectivity index (χ3n) is 6.38. The van der Waals surface area contributed by atoms with E-state index < -0.39 is 18.0 Å². The van der Waals surface area contributed by atoms with Crippen LogP contribution in [0, 0.1) is 5.92 Å². The monoisotopic (exact) mass is 530 g/mol. The van der Waals surface area contributed by atoms with Gasteiger partial charge >= 0.3 is 0 Å². The molecule has 0 aromatic heterocycles. The lowest BCUT2D eigenvalue weighted by Gasteiger charge is -2.22. The first-order valence-electron chi connectivity index (χ1n) is 13.2. The summed E-state index contributed by atoms with van der Waals surface area (Å²) in [5, 5.41) is 25.4. The number of aliphatic hydroxyl groups is 2. The second-order valence-electron chi connectivity index (χ2n) is 9.57. The van der Waals surface area contributed by atoms with Gasteiger partial charge in [0.15, 0.2) is 0 Å². The van der Waals surface area contributed by atoms with Gasteiger partial charge in [-0.3, -0.25) is 9.59 Å². The molecule has 0 bridgehead atoms. The molecule has 39 heavy (non-hydrogen) atoms. The third kappa shape index (κ3) is 10.4. The SMILES string of the molecule is C=CCC(CC(=O)NC(CO)Cc1ccc(OCc2ccccc2)cc1)C(=O)NC(CO)Cc1ccccc1. The molecule has 0 aliphatic heterocycles. The lowest BCUT2D eigenvalue weighted by Crippen LogP contribution is -2.45. The molecule has 0 fully saturated rings. The van der Waals surface area contributed by atoms with E-state index >= 15 is 0 Å². The van der Waals surface area contributed by atoms with E-state index in [-0.39, 0.29) is 31.4 Å². The van der Waals surface area contributed by atoms with Crippen molar-refractivity contribution in [2.45, 2.75) is 44.4 Å². The van der Waals surface area contributed by atoms with Crippen LogP contribution in [0.25, 0.3) is 0 Å². The molecule has 0 aliphatic rings. The zero-order chi connectivity index (χ0) is 27.9. The van der Waals surface area contributed by atoms with Crippen LogP contribution in [0.3, 0.4) is 0 Å². The Kier molecular flexibility index (Phi) is 12.2. The predicted octanol–water partition coefficient (Wildman–Crippen LogP) is 3.59. The Hall–Kier alpha value is -3.94. The van der Waals surface area contributed by atoms with Crippen molar-refractivity contribution >= 4 is 11.8 Å². The highest BCUT2D eigenvalue weighted by atomic mass is 16.5. The van der Waals surface area contributed by atoms with Crippen molar-refractivity contribution in [1.29, 1.82) is 0 Å². The first-order chi connectivity index (χ1) is 19.0. The average Bonchev–Trinajstić information content (AvgIpc) is 2.96. The minimum atomic E-state index is -0.632. The van der Waals surface area contributed by atoms with Gasteiger partial charge in [0.2, 0.25) is 11.8 Å². The van der Waals surface area contributed by atoms with Crippen LogP contribution >= 0.6 is 0 Å². The van der Waals surface area contributed by atoms with Gasteiger partial charge in [-0.1, -0.05) is 78.9 Å². The van der Waals surface area contributed by atoms with Crippen molar-refractivity contribution in [2.24, 2.45) is 5.92 Å². The number of carbonyl (C=O) groups excluding carboxylic acids is 2. The molecule has 0 saturated carbocycles. The number of hydrogen-bond donors (Lipinski definition) is 4. The normalized spacial score (nSPS) is 13.1. The molecule has 2 amide bonds. The maximum Gasteiger partial charge on any atom is 0.224 e. The van der Waals surface area contributed by atoms with Gasteiger partial charge in [0.1, 0.15) is 12.4 Å². The summed E-state index contributed by atoms with van der Waals surface area (Å²) in [7, 11) is 0. The number of rotatable bonds is 16. The fourth-order valence-corrected chi connectivity index (χ4v) is 4.28. The number of amides is 2. The Morgan fingerprint density at radius 2 is 1.31 bits per heavy atom. The molecule has 0 radical (unpaired) electrons. The average molecular weight is 531 g/mol. The molecule has 3 unspecified atom stereocenters. The number of ether oxygens (including phenoxy) is 1. The molecule has 3 rings (SSSR count). The Labute approximate surface area is 230 Å². The highest BCUT2D eigenvalue weighted by molar-refractivity contribution is 5.86. The van der Waals surface area contributed by atoms with Gasteiger partial charge in [-0.15, -0.1) is 6.58 Å². The number of allylic oxidation sites excluding steroid dienone is 1. The van der Waals surface area contributed by atoms with Crippen molar-refractivity contribution in [3.8, 4) is 5.75 Å². The van der Waals surface area contributed by atoms with Crippen LogP contribution in [0.4, 0.5) is 0 Å². The summed E-state index contributed by atoms with van der Waals surface area (Å²) >= 11 is 0. The number of nitrogens with one attached hydrogen (secondary N) is 2. The number of carbonyl (C=O) groups is 2. The maximum atomic E-state index is 12.9. The highest BCUT2D eigenvalue weighted by Gasteiger charge is 2.24. The third-order valence-corrected chi connectivity index (χ3v) is 6.38. The van der Waals surface area contributed by atoms with E-state index in [4.69, 9.17) is 4.74 Å². The molecule has 7 heteroatoms. The first kappa shape index (κ1) is 29.6. The van der Waals surface area contributed by atoms with Gasteiger partial charge < -0.3 is 25.6 Å². The molecule has 3 atom stereocenters.